The maximum absolute atomic E-state index is 13.1. The zero-order chi connectivity index (χ0) is 21.8. The molecule has 1 aliphatic carbocycles. The molecule has 1 aliphatic rings. The number of hydrogen-bond acceptors (Lipinski definition) is 5. The molecule has 3 atom stereocenters. The Balaban J connectivity index is 1.47. The topological polar surface area (TPSA) is 101 Å². The monoisotopic (exact) mass is 453 g/mol. The van der Waals surface area contributed by atoms with Gasteiger partial charge in [-0.3, -0.25) is 9.20 Å². The summed E-state index contributed by atoms with van der Waals surface area (Å²) in [5, 5.41) is 9.94. The molecule has 0 radical (unpaired) electrons. The van der Waals surface area contributed by atoms with Gasteiger partial charge in [0, 0.05) is 23.9 Å². The fraction of sp³-hybridized carbons (Fsp3) is 0.182. The van der Waals surface area contributed by atoms with Crippen molar-refractivity contribution >= 4 is 32.3 Å². The van der Waals surface area contributed by atoms with Gasteiger partial charge in [0.25, 0.3) is 10.0 Å². The van der Waals surface area contributed by atoms with Crippen molar-refractivity contribution in [3.8, 4) is 11.3 Å². The second-order valence-corrected chi connectivity index (χ2v) is 10.6. The van der Waals surface area contributed by atoms with Crippen molar-refractivity contribution in [2.24, 2.45) is 5.92 Å². The van der Waals surface area contributed by atoms with E-state index in [1.54, 1.807) is 17.5 Å². The molecule has 0 bridgehead atoms. The normalized spacial score (nSPS) is 23.1. The molecular weight excluding hydrogens is 434 g/mol. The van der Waals surface area contributed by atoms with Crippen LogP contribution in [0.4, 0.5) is 0 Å². The summed E-state index contributed by atoms with van der Waals surface area (Å²) in [7, 11) is -4.06. The summed E-state index contributed by atoms with van der Waals surface area (Å²) in [4.78, 5) is 17.2. The van der Waals surface area contributed by atoms with Gasteiger partial charge in [0.15, 0.2) is 9.17 Å². The van der Waals surface area contributed by atoms with Gasteiger partial charge in [-0.05, 0) is 11.5 Å². The average Bonchev–Trinajstić information content (AvgIpc) is 3.06. The average molecular weight is 454 g/mol. The van der Waals surface area contributed by atoms with Crippen LogP contribution in [-0.4, -0.2) is 34.4 Å². The fourth-order valence-electron chi connectivity index (χ4n) is 4.22. The third-order valence-electron chi connectivity index (χ3n) is 5.88. The smallest absolute Gasteiger partial charge is 0.325 e. The third kappa shape index (κ3) is 3.16. The number of benzene rings is 2. The summed E-state index contributed by atoms with van der Waals surface area (Å²) in [6.07, 6.45) is 3.24. The van der Waals surface area contributed by atoms with Gasteiger partial charge < -0.3 is 5.11 Å². The highest BCUT2D eigenvalue weighted by atomic mass is 32.2. The molecule has 0 saturated heterocycles. The highest BCUT2D eigenvalue weighted by molar-refractivity contribution is 7.91. The van der Waals surface area contributed by atoms with Crippen LogP contribution in [0.5, 0.6) is 0 Å². The Kier molecular flexibility index (Phi) is 4.51. The molecule has 2 N–H and O–H groups in total. The molecule has 5 rings (SSSR count). The van der Waals surface area contributed by atoms with Crippen LogP contribution in [0.15, 0.2) is 77.3 Å². The van der Waals surface area contributed by atoms with Crippen molar-refractivity contribution in [2.75, 3.05) is 0 Å². The number of hydrogen-bond donors (Lipinski definition) is 2. The van der Waals surface area contributed by atoms with Crippen molar-refractivity contribution in [3.05, 3.63) is 78.6 Å². The van der Waals surface area contributed by atoms with E-state index in [4.69, 9.17) is 0 Å². The van der Waals surface area contributed by atoms with E-state index in [-0.39, 0.29) is 10.1 Å². The number of aliphatic carboxylic acids is 1. The van der Waals surface area contributed by atoms with Crippen LogP contribution in [0, 0.1) is 5.92 Å². The summed E-state index contributed by atoms with van der Waals surface area (Å²) < 4.78 is 30.4. The molecule has 2 aromatic carbocycles. The minimum Gasteiger partial charge on any atom is -0.480 e. The van der Waals surface area contributed by atoms with Gasteiger partial charge >= 0.3 is 5.97 Å². The molecule has 2 aromatic heterocycles. The van der Waals surface area contributed by atoms with Crippen LogP contribution in [-0.2, 0) is 14.8 Å². The predicted molar refractivity (Wildman–Crippen MR) is 118 cm³/mol. The molecule has 4 aromatic rings. The second-order valence-electron chi connectivity index (χ2n) is 7.69. The van der Waals surface area contributed by atoms with E-state index in [0.717, 1.165) is 28.2 Å². The largest absolute Gasteiger partial charge is 0.480 e. The maximum atomic E-state index is 13.1. The first kappa shape index (κ1) is 19.9. The minimum atomic E-state index is -4.06. The number of aromatic nitrogens is 2. The number of sulfonamides is 1. The van der Waals surface area contributed by atoms with Crippen LogP contribution >= 0.6 is 11.3 Å². The van der Waals surface area contributed by atoms with Gasteiger partial charge in [0.05, 0.1) is 5.69 Å². The standard InChI is InChI=1S/C22H19N3O4S2/c1-14-19(16-10-6-3-7-11-16)22(14,20(26)27)24-31(28,29)18-13-25-12-17(23-21(25)30-18)15-8-4-2-5-9-15/h2-14,19,24H,1H3,(H,26,27)/t14?,19-,22-/m0/s1. The van der Waals surface area contributed by atoms with Crippen molar-refractivity contribution in [2.45, 2.75) is 22.6 Å². The van der Waals surface area contributed by atoms with E-state index in [2.05, 4.69) is 9.71 Å². The van der Waals surface area contributed by atoms with Crippen LogP contribution < -0.4 is 4.72 Å². The Bertz CT molecular complexity index is 1350. The number of carbonyl (C=O) groups is 1. The Morgan fingerprint density at radius 1 is 1.10 bits per heavy atom. The summed E-state index contributed by atoms with van der Waals surface area (Å²) in [5.74, 6) is -1.99. The molecular formula is C22H19N3O4S2. The molecule has 2 heterocycles. The lowest BCUT2D eigenvalue weighted by Gasteiger charge is -2.15. The summed E-state index contributed by atoms with van der Waals surface area (Å²) in [5.41, 5.74) is 0.907. The molecule has 31 heavy (non-hydrogen) atoms. The van der Waals surface area contributed by atoms with Gasteiger partial charge in [-0.15, -0.1) is 0 Å². The van der Waals surface area contributed by atoms with Gasteiger partial charge in [-0.2, -0.15) is 4.72 Å². The zero-order valence-electron chi connectivity index (χ0n) is 16.5. The van der Waals surface area contributed by atoms with E-state index in [1.807, 2.05) is 60.7 Å². The first-order chi connectivity index (χ1) is 14.8. The highest BCUT2D eigenvalue weighted by Gasteiger charge is 2.70. The fourth-order valence-corrected chi connectivity index (χ4v) is 6.91. The van der Waals surface area contributed by atoms with Crippen LogP contribution in [0.1, 0.15) is 18.4 Å². The lowest BCUT2D eigenvalue weighted by Crippen LogP contribution is -2.45. The van der Waals surface area contributed by atoms with Crippen molar-refractivity contribution in [1.29, 1.82) is 0 Å². The van der Waals surface area contributed by atoms with E-state index in [0.29, 0.717) is 4.96 Å². The summed E-state index contributed by atoms with van der Waals surface area (Å²) in [6.45, 7) is 1.75. The molecule has 9 heteroatoms. The minimum absolute atomic E-state index is 0.0288. The number of carboxylic acids is 1. The van der Waals surface area contributed by atoms with E-state index >= 15 is 0 Å². The third-order valence-corrected chi connectivity index (χ3v) is 8.83. The first-order valence-electron chi connectivity index (χ1n) is 9.69. The number of carboxylic acid groups (broad SMARTS) is 1. The second kappa shape index (κ2) is 7.01. The van der Waals surface area contributed by atoms with E-state index in [1.165, 1.54) is 6.20 Å². The van der Waals surface area contributed by atoms with Crippen molar-refractivity contribution in [1.82, 2.24) is 14.1 Å². The quantitative estimate of drug-likeness (QED) is 0.465. The highest BCUT2D eigenvalue weighted by Crippen LogP contribution is 2.58. The number of nitrogens with zero attached hydrogens (tertiary/aromatic N) is 2. The number of nitrogens with one attached hydrogen (secondary N) is 1. The molecule has 7 nitrogen and oxygen atoms in total. The Morgan fingerprint density at radius 3 is 2.35 bits per heavy atom. The summed E-state index contributed by atoms with van der Waals surface area (Å²) >= 11 is 1.01. The lowest BCUT2D eigenvalue weighted by molar-refractivity contribution is -0.140. The SMILES string of the molecule is CC1[C@@H](c2ccccc2)[C@]1(NS(=O)(=O)c1cn2cc(-c3ccccc3)nc2s1)C(=O)O. The number of imidazole rings is 1. The van der Waals surface area contributed by atoms with Crippen LogP contribution in [0.3, 0.4) is 0 Å². The zero-order valence-corrected chi connectivity index (χ0v) is 18.1. The van der Waals surface area contributed by atoms with Gasteiger partial charge in [-0.25, -0.2) is 13.4 Å². The molecule has 1 unspecified atom stereocenters. The molecule has 0 amide bonds. The number of rotatable bonds is 6. The Labute approximate surface area is 183 Å². The number of fused-ring (bicyclic) bond motifs is 1. The molecule has 0 spiro atoms. The lowest BCUT2D eigenvalue weighted by atomic mass is 10.1. The van der Waals surface area contributed by atoms with Crippen LogP contribution in [0.2, 0.25) is 0 Å². The first-order valence-corrected chi connectivity index (χ1v) is 12.0. The van der Waals surface area contributed by atoms with Crippen molar-refractivity contribution in [3.63, 3.8) is 0 Å². The van der Waals surface area contributed by atoms with Crippen molar-refractivity contribution < 1.29 is 18.3 Å². The molecule has 158 valence electrons. The molecule has 1 fully saturated rings. The Morgan fingerprint density at radius 2 is 1.74 bits per heavy atom. The van der Waals surface area contributed by atoms with Gasteiger partial charge in [-0.1, -0.05) is 78.9 Å². The summed E-state index contributed by atoms with van der Waals surface area (Å²) in [6, 6.07) is 18.7. The molecule has 0 aliphatic heterocycles. The van der Waals surface area contributed by atoms with Crippen LogP contribution in [0.25, 0.3) is 16.2 Å². The molecule has 1 saturated carbocycles. The predicted octanol–water partition coefficient (Wildman–Crippen LogP) is 3.60. The maximum Gasteiger partial charge on any atom is 0.325 e. The Hall–Kier alpha value is -3.01. The number of thiazole rings is 1. The van der Waals surface area contributed by atoms with E-state index in [9.17, 15) is 18.3 Å². The van der Waals surface area contributed by atoms with Gasteiger partial charge in [0.1, 0.15) is 5.54 Å². The van der Waals surface area contributed by atoms with Gasteiger partial charge in [0.2, 0.25) is 0 Å². The van der Waals surface area contributed by atoms with E-state index < -0.39 is 27.4 Å².